The highest BCUT2D eigenvalue weighted by molar-refractivity contribution is 7.16. The van der Waals surface area contributed by atoms with E-state index in [4.69, 9.17) is 15.2 Å². The van der Waals surface area contributed by atoms with Gasteiger partial charge in [-0.05, 0) is 57.1 Å². The fourth-order valence-electron chi connectivity index (χ4n) is 6.10. The first kappa shape index (κ1) is 20.6. The summed E-state index contributed by atoms with van der Waals surface area (Å²) in [5, 5.41) is 17.4. The van der Waals surface area contributed by atoms with Gasteiger partial charge < -0.3 is 20.5 Å². The van der Waals surface area contributed by atoms with Gasteiger partial charge in [0.1, 0.15) is 16.8 Å². The summed E-state index contributed by atoms with van der Waals surface area (Å²) in [6, 6.07) is 4.70. The SMILES string of the molecule is C[C@H]1C[NH2+]CCN1c1nccc(-c2noc3c2CCC[C@@]32CCCc3sc(N)c(C#N)c32)n1. The highest BCUT2D eigenvalue weighted by Crippen LogP contribution is 2.55. The van der Waals surface area contributed by atoms with Crippen LogP contribution in [-0.2, 0) is 18.3 Å². The number of quaternary nitrogens is 1. The van der Waals surface area contributed by atoms with E-state index >= 15 is 0 Å². The molecule has 1 aliphatic heterocycles. The number of hydrogen-bond acceptors (Lipinski definition) is 8. The first-order valence-electron chi connectivity index (χ1n) is 11.8. The van der Waals surface area contributed by atoms with Gasteiger partial charge in [0.2, 0.25) is 5.95 Å². The van der Waals surface area contributed by atoms with Crippen molar-refractivity contribution < 1.29 is 9.84 Å². The molecule has 1 spiro atoms. The van der Waals surface area contributed by atoms with Crippen molar-refractivity contribution in [2.24, 2.45) is 0 Å². The third-order valence-corrected chi connectivity index (χ3v) is 8.69. The molecule has 0 unspecified atom stereocenters. The number of nitriles is 1. The summed E-state index contributed by atoms with van der Waals surface area (Å²) in [4.78, 5) is 13.0. The molecule has 3 aromatic rings. The van der Waals surface area contributed by atoms with Crippen LogP contribution in [0.1, 0.15) is 59.9 Å². The largest absolute Gasteiger partial charge is 0.389 e. The summed E-state index contributed by atoms with van der Waals surface area (Å²) in [5.74, 6) is 1.67. The molecule has 4 N–H and O–H groups in total. The number of aryl methyl sites for hydroxylation is 1. The minimum Gasteiger partial charge on any atom is -0.389 e. The number of hydrogen-bond donors (Lipinski definition) is 2. The van der Waals surface area contributed by atoms with Crippen molar-refractivity contribution in [3.05, 3.63) is 39.6 Å². The minimum absolute atomic E-state index is 0.307. The summed E-state index contributed by atoms with van der Waals surface area (Å²) in [5.41, 5.74) is 10.5. The maximum Gasteiger partial charge on any atom is 0.226 e. The second kappa shape index (κ2) is 7.82. The number of nitrogen functional groups attached to an aromatic ring is 1. The summed E-state index contributed by atoms with van der Waals surface area (Å²) in [7, 11) is 0. The van der Waals surface area contributed by atoms with Crippen LogP contribution in [0.4, 0.5) is 10.9 Å². The van der Waals surface area contributed by atoms with E-state index < -0.39 is 0 Å². The fourth-order valence-corrected chi connectivity index (χ4v) is 7.26. The van der Waals surface area contributed by atoms with Crippen molar-refractivity contribution in [3.63, 3.8) is 0 Å². The number of aromatic nitrogens is 3. The van der Waals surface area contributed by atoms with E-state index in [1.807, 2.05) is 12.3 Å². The maximum absolute atomic E-state index is 9.89. The van der Waals surface area contributed by atoms with Crippen LogP contribution >= 0.6 is 11.3 Å². The molecular weight excluding hydrogens is 434 g/mol. The zero-order valence-electron chi connectivity index (χ0n) is 18.8. The molecule has 1 saturated heterocycles. The third-order valence-electron chi connectivity index (χ3n) is 7.62. The van der Waals surface area contributed by atoms with Crippen molar-refractivity contribution in [2.75, 3.05) is 30.3 Å². The Morgan fingerprint density at radius 2 is 2.18 bits per heavy atom. The zero-order valence-corrected chi connectivity index (χ0v) is 19.6. The van der Waals surface area contributed by atoms with Gasteiger partial charge in [0.05, 0.1) is 42.3 Å². The van der Waals surface area contributed by atoms with Gasteiger partial charge in [-0.25, -0.2) is 9.97 Å². The van der Waals surface area contributed by atoms with E-state index in [-0.39, 0.29) is 5.41 Å². The average Bonchev–Trinajstić information content (AvgIpc) is 3.41. The monoisotopic (exact) mass is 462 g/mol. The molecule has 2 atom stereocenters. The lowest BCUT2D eigenvalue weighted by Crippen LogP contribution is -2.91. The standard InChI is InChI=1S/C24H27N7OS/c1-14-13-27-10-11-31(14)23-28-9-6-17(29-23)20-15-4-2-7-24(21(15)32-30-20)8-3-5-18-19(24)16(12-25)22(26)33-18/h6,9,14,27H,2-5,7-8,10-11,13,26H2,1H3/p+1/t14-,24-/m0/s1. The van der Waals surface area contributed by atoms with E-state index in [0.29, 0.717) is 16.6 Å². The van der Waals surface area contributed by atoms with Crippen LogP contribution in [0.3, 0.4) is 0 Å². The Kier molecular flexibility index (Phi) is 4.89. The number of piperazine rings is 1. The molecule has 0 bridgehead atoms. The van der Waals surface area contributed by atoms with E-state index in [0.717, 1.165) is 92.4 Å². The Balaban J connectivity index is 1.45. The molecule has 8 nitrogen and oxygen atoms in total. The Bertz CT molecular complexity index is 1250. The number of fused-ring (bicyclic) bond motifs is 4. The predicted molar refractivity (Wildman–Crippen MR) is 126 cm³/mol. The Labute approximate surface area is 196 Å². The molecular formula is C24H28N7OS+. The van der Waals surface area contributed by atoms with Crippen LogP contribution in [0.25, 0.3) is 11.4 Å². The van der Waals surface area contributed by atoms with Gasteiger partial charge >= 0.3 is 0 Å². The van der Waals surface area contributed by atoms with Gasteiger partial charge in [0.25, 0.3) is 0 Å². The lowest BCUT2D eigenvalue weighted by molar-refractivity contribution is -0.659. The predicted octanol–water partition coefficient (Wildman–Crippen LogP) is 2.38. The molecule has 9 heteroatoms. The highest BCUT2D eigenvalue weighted by atomic mass is 32.1. The maximum atomic E-state index is 9.89. The number of rotatable bonds is 2. The van der Waals surface area contributed by atoms with Gasteiger partial charge in [-0.1, -0.05) is 5.16 Å². The topological polar surface area (TPSA) is 121 Å². The second-order valence-corrected chi connectivity index (χ2v) is 10.6. The number of anilines is 2. The van der Waals surface area contributed by atoms with Crippen molar-refractivity contribution >= 4 is 22.3 Å². The van der Waals surface area contributed by atoms with Crippen LogP contribution < -0.4 is 16.0 Å². The fraction of sp³-hybridized carbons (Fsp3) is 0.500. The minimum atomic E-state index is -0.307. The Morgan fingerprint density at radius 1 is 1.33 bits per heavy atom. The molecule has 1 fully saturated rings. The molecule has 4 heterocycles. The molecule has 33 heavy (non-hydrogen) atoms. The van der Waals surface area contributed by atoms with Crippen LogP contribution in [-0.4, -0.2) is 40.8 Å². The summed E-state index contributed by atoms with van der Waals surface area (Å²) >= 11 is 1.57. The average molecular weight is 463 g/mol. The van der Waals surface area contributed by atoms with Gasteiger partial charge in [0.15, 0.2) is 5.76 Å². The Hall–Kier alpha value is -2.96. The molecule has 3 aliphatic rings. The van der Waals surface area contributed by atoms with Gasteiger partial charge in [-0.15, -0.1) is 11.3 Å². The van der Waals surface area contributed by atoms with Crippen molar-refractivity contribution in [3.8, 4) is 17.5 Å². The number of thiophene rings is 1. The number of nitrogens with two attached hydrogens (primary N) is 2. The van der Waals surface area contributed by atoms with Gasteiger partial charge in [-0.2, -0.15) is 5.26 Å². The number of nitrogens with zero attached hydrogens (tertiary/aromatic N) is 5. The third kappa shape index (κ3) is 3.08. The van der Waals surface area contributed by atoms with E-state index in [2.05, 4.69) is 33.4 Å². The van der Waals surface area contributed by atoms with E-state index in [9.17, 15) is 5.26 Å². The zero-order chi connectivity index (χ0) is 22.6. The van der Waals surface area contributed by atoms with Crippen molar-refractivity contribution in [1.82, 2.24) is 15.1 Å². The van der Waals surface area contributed by atoms with E-state index in [1.54, 1.807) is 11.3 Å². The van der Waals surface area contributed by atoms with Crippen molar-refractivity contribution in [1.29, 1.82) is 5.26 Å². The van der Waals surface area contributed by atoms with Crippen LogP contribution in [0.15, 0.2) is 16.8 Å². The first-order chi connectivity index (χ1) is 16.1. The van der Waals surface area contributed by atoms with Crippen LogP contribution in [0.5, 0.6) is 0 Å². The molecule has 170 valence electrons. The quantitative estimate of drug-likeness (QED) is 0.600. The molecule has 2 aliphatic carbocycles. The Morgan fingerprint density at radius 3 is 3.00 bits per heavy atom. The van der Waals surface area contributed by atoms with Gasteiger partial charge in [-0.3, -0.25) is 0 Å². The molecule has 0 saturated carbocycles. The summed E-state index contributed by atoms with van der Waals surface area (Å²) in [6.07, 6.45) is 7.72. The van der Waals surface area contributed by atoms with E-state index in [1.165, 1.54) is 4.88 Å². The first-order valence-corrected chi connectivity index (χ1v) is 12.7. The summed E-state index contributed by atoms with van der Waals surface area (Å²) in [6.45, 7) is 5.24. The van der Waals surface area contributed by atoms with Crippen LogP contribution in [0, 0.1) is 11.3 Å². The molecule has 6 rings (SSSR count). The normalized spacial score (nSPS) is 24.4. The smallest absolute Gasteiger partial charge is 0.226 e. The lowest BCUT2D eigenvalue weighted by atomic mass is 9.63. The van der Waals surface area contributed by atoms with Gasteiger partial charge in [0, 0.05) is 16.6 Å². The summed E-state index contributed by atoms with van der Waals surface area (Å²) < 4.78 is 6.13. The lowest BCUT2D eigenvalue weighted by Gasteiger charge is -2.39. The molecule has 3 aromatic heterocycles. The molecule has 0 aromatic carbocycles. The molecule has 0 amide bonds. The van der Waals surface area contributed by atoms with Crippen molar-refractivity contribution in [2.45, 2.75) is 56.9 Å². The molecule has 0 radical (unpaired) electrons. The van der Waals surface area contributed by atoms with Crippen LogP contribution in [0.2, 0.25) is 0 Å². The second-order valence-electron chi connectivity index (χ2n) is 9.48. The highest BCUT2D eigenvalue weighted by Gasteiger charge is 2.48.